The van der Waals surface area contributed by atoms with Crippen LogP contribution in [0.4, 0.5) is 19.3 Å². The van der Waals surface area contributed by atoms with Crippen LogP contribution in [0.2, 0.25) is 0 Å². The molecule has 0 radical (unpaired) electrons. The van der Waals surface area contributed by atoms with Crippen molar-refractivity contribution in [2.75, 3.05) is 18.4 Å². The van der Waals surface area contributed by atoms with E-state index in [9.17, 15) is 13.6 Å². The predicted molar refractivity (Wildman–Crippen MR) is 70.6 cm³/mol. The first kappa shape index (κ1) is 13.5. The molecule has 0 aliphatic carbocycles. The topological polar surface area (TPSA) is 63.1 Å². The van der Waals surface area contributed by atoms with E-state index in [-0.39, 0.29) is 6.04 Å². The Hall–Kier alpha value is -2.51. The number of nitrogens with one attached hydrogen (secondary N) is 1. The van der Waals surface area contributed by atoms with Crippen molar-refractivity contribution < 1.29 is 13.6 Å². The molecule has 2 aromatic rings. The Balaban J connectivity index is 1.67. The van der Waals surface area contributed by atoms with Crippen LogP contribution in [0.25, 0.3) is 0 Å². The van der Waals surface area contributed by atoms with Gasteiger partial charge < -0.3 is 10.2 Å². The van der Waals surface area contributed by atoms with Crippen molar-refractivity contribution >= 4 is 11.7 Å². The molecule has 1 aromatic carbocycles. The molecule has 1 unspecified atom stereocenters. The number of hydrogen-bond donors (Lipinski definition) is 1. The smallest absolute Gasteiger partial charge is 0.322 e. The third kappa shape index (κ3) is 2.69. The summed E-state index contributed by atoms with van der Waals surface area (Å²) < 4.78 is 27.0. The highest BCUT2D eigenvalue weighted by Gasteiger charge is 2.29. The molecule has 1 aromatic heterocycles. The summed E-state index contributed by atoms with van der Waals surface area (Å²) in [5, 5.41) is 10.3. The zero-order valence-corrected chi connectivity index (χ0v) is 11.0. The van der Waals surface area contributed by atoms with Crippen LogP contribution < -0.4 is 5.32 Å². The highest BCUT2D eigenvalue weighted by atomic mass is 19.1. The minimum Gasteiger partial charge on any atom is -0.322 e. The van der Waals surface area contributed by atoms with Crippen LogP contribution in [0.15, 0.2) is 30.6 Å². The van der Waals surface area contributed by atoms with E-state index in [0.717, 1.165) is 12.1 Å². The second-order valence-corrected chi connectivity index (χ2v) is 4.76. The van der Waals surface area contributed by atoms with E-state index in [1.165, 1.54) is 15.8 Å². The lowest BCUT2D eigenvalue weighted by molar-refractivity contribution is 0.219. The monoisotopic (exact) mass is 293 g/mol. The molecule has 2 amide bonds. The van der Waals surface area contributed by atoms with Crippen LogP contribution in [0.1, 0.15) is 12.5 Å². The van der Waals surface area contributed by atoms with Gasteiger partial charge in [0.15, 0.2) is 0 Å². The molecular weight excluding hydrogens is 280 g/mol. The normalized spacial score (nSPS) is 18.0. The fourth-order valence-electron chi connectivity index (χ4n) is 2.33. The molecule has 1 saturated heterocycles. The van der Waals surface area contributed by atoms with Gasteiger partial charge in [0.05, 0.1) is 18.4 Å². The molecule has 3 rings (SSSR count). The minimum atomic E-state index is -0.798. The zero-order valence-electron chi connectivity index (χ0n) is 11.0. The van der Waals surface area contributed by atoms with E-state index in [2.05, 4.69) is 15.5 Å². The summed E-state index contributed by atoms with van der Waals surface area (Å²) in [5.74, 6) is -1.60. The van der Waals surface area contributed by atoms with Crippen LogP contribution >= 0.6 is 0 Å². The van der Waals surface area contributed by atoms with E-state index in [1.54, 1.807) is 12.4 Å². The summed E-state index contributed by atoms with van der Waals surface area (Å²) in [6.07, 6.45) is 3.83. The molecule has 8 heteroatoms. The fraction of sp³-hybridized carbons (Fsp3) is 0.308. The Labute approximate surface area is 119 Å². The summed E-state index contributed by atoms with van der Waals surface area (Å²) in [7, 11) is 0. The van der Waals surface area contributed by atoms with Crippen LogP contribution in [-0.2, 0) is 0 Å². The third-order valence-corrected chi connectivity index (χ3v) is 3.41. The Morgan fingerprint density at radius 1 is 1.24 bits per heavy atom. The van der Waals surface area contributed by atoms with Crippen molar-refractivity contribution in [1.29, 1.82) is 0 Å². The van der Waals surface area contributed by atoms with Gasteiger partial charge in [-0.25, -0.2) is 13.6 Å². The van der Waals surface area contributed by atoms with Crippen LogP contribution in [0.3, 0.4) is 0 Å². The van der Waals surface area contributed by atoms with Crippen molar-refractivity contribution in [3.63, 3.8) is 0 Å². The molecule has 1 N–H and O–H groups in total. The lowest BCUT2D eigenvalue weighted by Crippen LogP contribution is -2.34. The minimum absolute atomic E-state index is 0.0174. The van der Waals surface area contributed by atoms with Crippen LogP contribution in [-0.4, -0.2) is 39.0 Å². The first-order valence-electron chi connectivity index (χ1n) is 6.51. The summed E-state index contributed by atoms with van der Waals surface area (Å²) in [4.78, 5) is 15.1. The predicted octanol–water partition coefficient (Wildman–Crippen LogP) is 2.04. The highest BCUT2D eigenvalue weighted by Crippen LogP contribution is 2.22. The van der Waals surface area contributed by atoms with Crippen LogP contribution in [0, 0.1) is 11.6 Å². The van der Waals surface area contributed by atoms with Gasteiger partial charge in [0, 0.05) is 13.1 Å². The molecule has 1 atom stereocenters. The van der Waals surface area contributed by atoms with Crippen molar-refractivity contribution in [3.8, 4) is 0 Å². The molecule has 0 spiro atoms. The number of rotatable bonds is 2. The molecule has 1 aliphatic rings. The second-order valence-electron chi connectivity index (χ2n) is 4.76. The number of para-hydroxylation sites is 1. The SMILES string of the molecule is O=C(Nc1c(F)cccc1F)N1CCC(n2nccn2)C1. The Bertz CT molecular complexity index is 626. The fourth-order valence-corrected chi connectivity index (χ4v) is 2.33. The standard InChI is InChI=1S/C13H13F2N5O/c14-10-2-1-3-11(15)12(10)18-13(21)19-7-4-9(8-19)20-16-5-6-17-20/h1-3,5-6,9H,4,7-8H2,(H,18,21). The molecule has 0 saturated carbocycles. The lowest BCUT2D eigenvalue weighted by atomic mass is 10.3. The summed E-state index contributed by atoms with van der Waals surface area (Å²) in [6.45, 7) is 0.880. The largest absolute Gasteiger partial charge is 0.322 e. The van der Waals surface area contributed by atoms with E-state index >= 15 is 0 Å². The summed E-state index contributed by atoms with van der Waals surface area (Å²) in [5.41, 5.74) is -0.428. The van der Waals surface area contributed by atoms with Gasteiger partial charge in [0.25, 0.3) is 0 Å². The maximum atomic E-state index is 13.5. The van der Waals surface area contributed by atoms with Gasteiger partial charge >= 0.3 is 6.03 Å². The average Bonchev–Trinajstić information content (AvgIpc) is 3.12. The van der Waals surface area contributed by atoms with Gasteiger partial charge in [-0.3, -0.25) is 0 Å². The van der Waals surface area contributed by atoms with Crippen molar-refractivity contribution in [3.05, 3.63) is 42.2 Å². The van der Waals surface area contributed by atoms with Gasteiger partial charge in [-0.1, -0.05) is 6.07 Å². The highest BCUT2D eigenvalue weighted by molar-refractivity contribution is 5.89. The number of carbonyl (C=O) groups excluding carboxylic acids is 1. The van der Waals surface area contributed by atoms with Gasteiger partial charge in [-0.15, -0.1) is 0 Å². The molecule has 6 nitrogen and oxygen atoms in total. The maximum Gasteiger partial charge on any atom is 0.322 e. The second kappa shape index (κ2) is 5.47. The number of anilines is 1. The Morgan fingerprint density at radius 2 is 1.90 bits per heavy atom. The van der Waals surface area contributed by atoms with Crippen LogP contribution in [0.5, 0.6) is 0 Å². The molecule has 1 aliphatic heterocycles. The maximum absolute atomic E-state index is 13.5. The molecule has 21 heavy (non-hydrogen) atoms. The summed E-state index contributed by atoms with van der Waals surface area (Å²) >= 11 is 0. The molecule has 110 valence electrons. The quantitative estimate of drug-likeness (QED) is 0.921. The lowest BCUT2D eigenvalue weighted by Gasteiger charge is -2.17. The average molecular weight is 293 g/mol. The van der Waals surface area contributed by atoms with Gasteiger partial charge in [0.1, 0.15) is 17.3 Å². The van der Waals surface area contributed by atoms with Crippen molar-refractivity contribution in [2.24, 2.45) is 0 Å². The number of aromatic nitrogens is 3. The third-order valence-electron chi connectivity index (χ3n) is 3.41. The number of likely N-dealkylation sites (tertiary alicyclic amines) is 1. The zero-order chi connectivity index (χ0) is 14.8. The Kier molecular flexibility index (Phi) is 3.51. The molecule has 1 fully saturated rings. The first-order valence-corrected chi connectivity index (χ1v) is 6.51. The molecule has 2 heterocycles. The summed E-state index contributed by atoms with van der Waals surface area (Å²) in [6, 6.07) is 2.89. The van der Waals surface area contributed by atoms with Gasteiger partial charge in [-0.05, 0) is 18.6 Å². The number of urea groups is 1. The van der Waals surface area contributed by atoms with E-state index in [4.69, 9.17) is 0 Å². The van der Waals surface area contributed by atoms with Gasteiger partial charge in [0.2, 0.25) is 0 Å². The Morgan fingerprint density at radius 3 is 2.57 bits per heavy atom. The number of hydrogen-bond acceptors (Lipinski definition) is 3. The number of amides is 2. The number of benzene rings is 1. The first-order chi connectivity index (χ1) is 10.1. The van der Waals surface area contributed by atoms with E-state index in [1.807, 2.05) is 0 Å². The van der Waals surface area contributed by atoms with Gasteiger partial charge in [-0.2, -0.15) is 15.0 Å². The number of nitrogens with zero attached hydrogens (tertiary/aromatic N) is 4. The van der Waals surface area contributed by atoms with E-state index < -0.39 is 23.4 Å². The number of halogens is 2. The van der Waals surface area contributed by atoms with E-state index in [0.29, 0.717) is 19.5 Å². The number of carbonyl (C=O) groups is 1. The molecular formula is C13H13F2N5O. The van der Waals surface area contributed by atoms with Crippen molar-refractivity contribution in [2.45, 2.75) is 12.5 Å². The van der Waals surface area contributed by atoms with Crippen molar-refractivity contribution in [1.82, 2.24) is 19.9 Å². The molecule has 0 bridgehead atoms.